The van der Waals surface area contributed by atoms with Gasteiger partial charge in [-0.15, -0.1) is 0 Å². The highest BCUT2D eigenvalue weighted by Crippen LogP contribution is 2.16. The number of morpholine rings is 1. The minimum absolute atomic E-state index is 0.134. The smallest absolute Gasteiger partial charge is 0.130 e. The number of nitrogens with zero attached hydrogens (tertiary/aromatic N) is 3. The van der Waals surface area contributed by atoms with Crippen LogP contribution in [0.3, 0.4) is 0 Å². The lowest BCUT2D eigenvalue weighted by Gasteiger charge is -2.27. The molecule has 0 N–H and O–H groups in total. The number of hydrogen-bond acceptors (Lipinski definition) is 4. The molecule has 1 aliphatic heterocycles. The van der Waals surface area contributed by atoms with Gasteiger partial charge in [0.05, 0.1) is 13.2 Å². The summed E-state index contributed by atoms with van der Waals surface area (Å²) in [5, 5.41) is 17.7. The van der Waals surface area contributed by atoms with E-state index in [-0.39, 0.29) is 5.57 Å². The van der Waals surface area contributed by atoms with Crippen molar-refractivity contribution in [2.24, 2.45) is 0 Å². The molecule has 0 aliphatic carbocycles. The highest BCUT2D eigenvalue weighted by Gasteiger charge is 2.12. The zero-order valence-electron chi connectivity index (χ0n) is 10.7. The van der Waals surface area contributed by atoms with Crippen molar-refractivity contribution >= 4 is 6.08 Å². The van der Waals surface area contributed by atoms with Gasteiger partial charge in [-0.25, -0.2) is 0 Å². The van der Waals surface area contributed by atoms with Crippen LogP contribution < -0.4 is 0 Å². The van der Waals surface area contributed by atoms with E-state index in [1.807, 2.05) is 36.4 Å². The SMILES string of the molecule is N#CC(C#N)=Cc1ccccc1CN1CCOCC1. The summed E-state index contributed by atoms with van der Waals surface area (Å²) in [6.45, 7) is 4.18. The van der Waals surface area contributed by atoms with Gasteiger partial charge in [-0.2, -0.15) is 10.5 Å². The summed E-state index contributed by atoms with van der Waals surface area (Å²) in [6, 6.07) is 11.7. The predicted octanol–water partition coefficient (Wildman–Crippen LogP) is 1.95. The third-order valence-corrected chi connectivity index (χ3v) is 3.09. The molecule has 0 bridgehead atoms. The van der Waals surface area contributed by atoms with Gasteiger partial charge >= 0.3 is 0 Å². The third-order valence-electron chi connectivity index (χ3n) is 3.09. The molecule has 0 unspecified atom stereocenters. The van der Waals surface area contributed by atoms with Crippen LogP contribution in [0.15, 0.2) is 29.8 Å². The number of benzene rings is 1. The monoisotopic (exact) mass is 253 g/mol. The minimum atomic E-state index is 0.134. The van der Waals surface area contributed by atoms with Crippen molar-refractivity contribution in [1.29, 1.82) is 10.5 Å². The highest BCUT2D eigenvalue weighted by atomic mass is 16.5. The van der Waals surface area contributed by atoms with E-state index < -0.39 is 0 Å². The molecule has 1 saturated heterocycles. The lowest BCUT2D eigenvalue weighted by atomic mass is 10.0. The van der Waals surface area contributed by atoms with E-state index in [2.05, 4.69) is 4.90 Å². The molecule has 1 heterocycles. The molecule has 96 valence electrons. The van der Waals surface area contributed by atoms with Crippen molar-refractivity contribution in [2.45, 2.75) is 6.54 Å². The zero-order chi connectivity index (χ0) is 13.5. The molecular formula is C15H15N3O. The van der Waals surface area contributed by atoms with Crippen LogP contribution in [-0.2, 0) is 11.3 Å². The maximum Gasteiger partial charge on any atom is 0.130 e. The second-order valence-corrected chi connectivity index (χ2v) is 4.37. The van der Waals surface area contributed by atoms with Crippen LogP contribution in [-0.4, -0.2) is 31.2 Å². The summed E-state index contributed by atoms with van der Waals surface area (Å²) in [6.07, 6.45) is 1.65. The molecule has 0 radical (unpaired) electrons. The van der Waals surface area contributed by atoms with Gasteiger partial charge in [0.15, 0.2) is 0 Å². The maximum atomic E-state index is 8.83. The number of allylic oxidation sites excluding steroid dienone is 1. The van der Waals surface area contributed by atoms with E-state index in [0.717, 1.165) is 44.0 Å². The number of ether oxygens (including phenoxy) is 1. The van der Waals surface area contributed by atoms with Crippen molar-refractivity contribution in [3.63, 3.8) is 0 Å². The molecule has 0 spiro atoms. The molecule has 1 aromatic carbocycles. The Morgan fingerprint density at radius 2 is 1.89 bits per heavy atom. The Morgan fingerprint density at radius 1 is 1.21 bits per heavy atom. The van der Waals surface area contributed by atoms with Crippen molar-refractivity contribution in [2.75, 3.05) is 26.3 Å². The number of rotatable bonds is 3. The Hall–Kier alpha value is -2.14. The van der Waals surface area contributed by atoms with Gasteiger partial charge in [0.2, 0.25) is 0 Å². The summed E-state index contributed by atoms with van der Waals surface area (Å²) >= 11 is 0. The van der Waals surface area contributed by atoms with Crippen molar-refractivity contribution in [3.05, 3.63) is 41.0 Å². The highest BCUT2D eigenvalue weighted by molar-refractivity contribution is 5.64. The Bertz CT molecular complexity index is 529. The van der Waals surface area contributed by atoms with Crippen molar-refractivity contribution in [1.82, 2.24) is 4.90 Å². The fourth-order valence-corrected chi connectivity index (χ4v) is 2.06. The van der Waals surface area contributed by atoms with Crippen LogP contribution in [0.1, 0.15) is 11.1 Å². The Kier molecular flexibility index (Phi) is 4.69. The molecule has 1 fully saturated rings. The summed E-state index contributed by atoms with van der Waals surface area (Å²) in [7, 11) is 0. The standard InChI is InChI=1S/C15H15N3O/c16-10-13(11-17)9-14-3-1-2-4-15(14)12-18-5-7-19-8-6-18/h1-4,9H,5-8,12H2. The van der Waals surface area contributed by atoms with Gasteiger partial charge in [-0.1, -0.05) is 24.3 Å². The molecule has 19 heavy (non-hydrogen) atoms. The maximum absolute atomic E-state index is 8.83. The van der Waals surface area contributed by atoms with Crippen LogP contribution in [0.25, 0.3) is 6.08 Å². The molecule has 4 nitrogen and oxygen atoms in total. The average molecular weight is 253 g/mol. The second-order valence-electron chi connectivity index (χ2n) is 4.37. The summed E-state index contributed by atoms with van der Waals surface area (Å²) < 4.78 is 5.33. The van der Waals surface area contributed by atoms with E-state index >= 15 is 0 Å². The van der Waals surface area contributed by atoms with Crippen LogP contribution in [0, 0.1) is 22.7 Å². The predicted molar refractivity (Wildman–Crippen MR) is 71.7 cm³/mol. The Morgan fingerprint density at radius 3 is 2.58 bits per heavy atom. The zero-order valence-corrected chi connectivity index (χ0v) is 10.7. The molecule has 1 aromatic rings. The summed E-state index contributed by atoms with van der Waals surface area (Å²) in [5.74, 6) is 0. The van der Waals surface area contributed by atoms with Crippen molar-refractivity contribution in [3.8, 4) is 12.1 Å². The van der Waals surface area contributed by atoms with Gasteiger partial charge in [-0.3, -0.25) is 4.90 Å². The van der Waals surface area contributed by atoms with Gasteiger partial charge < -0.3 is 4.74 Å². The van der Waals surface area contributed by atoms with E-state index in [0.29, 0.717) is 0 Å². The third kappa shape index (κ3) is 3.66. The normalized spacial score (nSPS) is 15.3. The number of hydrogen-bond donors (Lipinski definition) is 0. The first-order valence-corrected chi connectivity index (χ1v) is 6.23. The van der Waals surface area contributed by atoms with E-state index in [1.165, 1.54) is 0 Å². The van der Waals surface area contributed by atoms with Gasteiger partial charge in [0.1, 0.15) is 17.7 Å². The average Bonchev–Trinajstić information content (AvgIpc) is 2.47. The van der Waals surface area contributed by atoms with E-state index in [9.17, 15) is 0 Å². The molecule has 4 heteroatoms. The minimum Gasteiger partial charge on any atom is -0.379 e. The fourth-order valence-electron chi connectivity index (χ4n) is 2.06. The van der Waals surface area contributed by atoms with E-state index in [4.69, 9.17) is 15.3 Å². The molecule has 2 rings (SSSR count). The fraction of sp³-hybridized carbons (Fsp3) is 0.333. The first kappa shape index (κ1) is 13.3. The van der Waals surface area contributed by atoms with Gasteiger partial charge in [0, 0.05) is 19.6 Å². The molecular weight excluding hydrogens is 238 g/mol. The van der Waals surface area contributed by atoms with Crippen molar-refractivity contribution < 1.29 is 4.74 Å². The Balaban J connectivity index is 2.19. The van der Waals surface area contributed by atoms with Crippen LogP contribution in [0.5, 0.6) is 0 Å². The lowest BCUT2D eigenvalue weighted by Crippen LogP contribution is -2.35. The topological polar surface area (TPSA) is 60.0 Å². The molecule has 0 amide bonds. The molecule has 1 aliphatic rings. The summed E-state index contributed by atoms with van der Waals surface area (Å²) in [5.41, 5.74) is 2.20. The largest absolute Gasteiger partial charge is 0.379 e. The van der Waals surface area contributed by atoms with Crippen LogP contribution in [0.4, 0.5) is 0 Å². The van der Waals surface area contributed by atoms with Gasteiger partial charge in [0.25, 0.3) is 0 Å². The first-order valence-electron chi connectivity index (χ1n) is 6.23. The van der Waals surface area contributed by atoms with Gasteiger partial charge in [-0.05, 0) is 17.2 Å². The molecule has 0 atom stereocenters. The first-order chi connectivity index (χ1) is 9.33. The summed E-state index contributed by atoms with van der Waals surface area (Å²) in [4.78, 5) is 2.31. The van der Waals surface area contributed by atoms with E-state index in [1.54, 1.807) is 6.08 Å². The van der Waals surface area contributed by atoms with Crippen LogP contribution in [0.2, 0.25) is 0 Å². The molecule has 0 aromatic heterocycles. The Labute approximate surface area is 113 Å². The second kappa shape index (κ2) is 6.70. The quantitative estimate of drug-likeness (QED) is 0.772. The lowest BCUT2D eigenvalue weighted by molar-refractivity contribution is 0.0341. The molecule has 0 saturated carbocycles. The number of nitriles is 2. The van der Waals surface area contributed by atoms with Crippen LogP contribution >= 0.6 is 0 Å².